The summed E-state index contributed by atoms with van der Waals surface area (Å²) < 4.78 is 15.7. The molecule has 2 amide bonds. The Labute approximate surface area is 137 Å². The first kappa shape index (κ1) is 14.6. The van der Waals surface area contributed by atoms with E-state index in [2.05, 4.69) is 15.0 Å². The van der Waals surface area contributed by atoms with Crippen molar-refractivity contribution in [3.8, 4) is 11.5 Å². The maximum absolute atomic E-state index is 12.3. The Kier molecular flexibility index (Phi) is 3.56. The molecule has 0 radical (unpaired) electrons. The van der Waals surface area contributed by atoms with Crippen LogP contribution in [0.4, 0.5) is 11.5 Å². The molecule has 0 saturated carbocycles. The van der Waals surface area contributed by atoms with Crippen molar-refractivity contribution in [3.05, 3.63) is 30.5 Å². The second kappa shape index (κ2) is 5.88. The molecule has 0 spiro atoms. The molecule has 2 aliphatic heterocycles. The summed E-state index contributed by atoms with van der Waals surface area (Å²) in [6.07, 6.45) is 1.52. The minimum absolute atomic E-state index is 0.105. The molecule has 0 aliphatic carbocycles. The zero-order chi connectivity index (χ0) is 16.5. The van der Waals surface area contributed by atoms with Gasteiger partial charge in [0.15, 0.2) is 17.3 Å². The van der Waals surface area contributed by atoms with Crippen molar-refractivity contribution in [2.75, 3.05) is 30.0 Å². The van der Waals surface area contributed by atoms with Crippen molar-refractivity contribution in [2.45, 2.75) is 6.42 Å². The van der Waals surface area contributed by atoms with Crippen molar-refractivity contribution in [2.24, 2.45) is 5.92 Å². The normalized spacial score (nSPS) is 19.4. The van der Waals surface area contributed by atoms with Gasteiger partial charge in [-0.3, -0.25) is 9.59 Å². The first-order valence-electron chi connectivity index (χ1n) is 7.62. The van der Waals surface area contributed by atoms with Gasteiger partial charge in [-0.2, -0.15) is 0 Å². The van der Waals surface area contributed by atoms with Gasteiger partial charge in [0.1, 0.15) is 19.5 Å². The Morgan fingerprint density at radius 2 is 2.04 bits per heavy atom. The zero-order valence-corrected chi connectivity index (χ0v) is 12.7. The van der Waals surface area contributed by atoms with Gasteiger partial charge in [-0.25, -0.2) is 0 Å². The van der Waals surface area contributed by atoms with Gasteiger partial charge in [0.2, 0.25) is 11.8 Å². The van der Waals surface area contributed by atoms with Crippen LogP contribution in [0.15, 0.2) is 35.1 Å². The van der Waals surface area contributed by atoms with Crippen molar-refractivity contribution in [1.29, 1.82) is 0 Å². The quantitative estimate of drug-likeness (QED) is 0.916. The lowest BCUT2D eigenvalue weighted by Crippen LogP contribution is -2.28. The minimum Gasteiger partial charge on any atom is -0.486 e. The predicted octanol–water partition coefficient (Wildman–Crippen LogP) is 1.44. The van der Waals surface area contributed by atoms with Crippen LogP contribution < -0.4 is 19.7 Å². The van der Waals surface area contributed by atoms with Gasteiger partial charge >= 0.3 is 0 Å². The van der Waals surface area contributed by atoms with Crippen LogP contribution in [0.5, 0.6) is 11.5 Å². The number of ether oxygens (including phenoxy) is 2. The molecule has 24 heavy (non-hydrogen) atoms. The van der Waals surface area contributed by atoms with E-state index in [1.807, 2.05) is 0 Å². The Balaban J connectivity index is 1.49. The summed E-state index contributed by atoms with van der Waals surface area (Å²) in [6, 6.07) is 6.89. The second-order valence-corrected chi connectivity index (χ2v) is 5.61. The molecule has 0 bridgehead atoms. The highest BCUT2D eigenvalue weighted by molar-refractivity contribution is 6.03. The molecule has 8 heteroatoms. The molecular formula is C16H15N3O5. The lowest BCUT2D eigenvalue weighted by molar-refractivity contribution is -0.122. The highest BCUT2D eigenvalue weighted by atomic mass is 16.6. The smallest absolute Gasteiger partial charge is 0.231 e. The molecule has 124 valence electrons. The summed E-state index contributed by atoms with van der Waals surface area (Å²) in [6.45, 7) is 1.30. The van der Waals surface area contributed by atoms with E-state index in [4.69, 9.17) is 9.47 Å². The molecule has 3 heterocycles. The molecule has 1 saturated heterocycles. The number of fused-ring (bicyclic) bond motifs is 1. The summed E-state index contributed by atoms with van der Waals surface area (Å²) in [5.41, 5.74) is 0.695. The molecular weight excluding hydrogens is 314 g/mol. The van der Waals surface area contributed by atoms with Crippen molar-refractivity contribution in [1.82, 2.24) is 5.16 Å². The van der Waals surface area contributed by atoms with Crippen LogP contribution >= 0.6 is 0 Å². The van der Waals surface area contributed by atoms with E-state index in [1.165, 1.54) is 6.26 Å². The molecule has 2 aromatic rings. The van der Waals surface area contributed by atoms with E-state index in [0.29, 0.717) is 42.8 Å². The largest absolute Gasteiger partial charge is 0.486 e. The molecule has 1 atom stereocenters. The number of anilines is 2. The first-order chi connectivity index (χ1) is 11.7. The Hall–Kier alpha value is -3.03. The monoisotopic (exact) mass is 329 g/mol. The predicted molar refractivity (Wildman–Crippen MR) is 83.0 cm³/mol. The van der Waals surface area contributed by atoms with E-state index >= 15 is 0 Å². The topological polar surface area (TPSA) is 93.9 Å². The van der Waals surface area contributed by atoms with Gasteiger partial charge in [-0.05, 0) is 12.1 Å². The third-order valence-corrected chi connectivity index (χ3v) is 4.02. The Bertz CT molecular complexity index is 774. The lowest BCUT2D eigenvalue weighted by Gasteiger charge is -2.22. The summed E-state index contributed by atoms with van der Waals surface area (Å²) in [5, 5.41) is 6.28. The molecule has 1 unspecified atom stereocenters. The zero-order valence-electron chi connectivity index (χ0n) is 12.7. The van der Waals surface area contributed by atoms with Crippen LogP contribution in [-0.2, 0) is 9.59 Å². The van der Waals surface area contributed by atoms with E-state index < -0.39 is 5.92 Å². The molecule has 1 N–H and O–H groups in total. The fourth-order valence-electron chi connectivity index (χ4n) is 2.84. The number of carbonyl (C=O) groups is 2. The number of hydrogen-bond donors (Lipinski definition) is 1. The maximum Gasteiger partial charge on any atom is 0.231 e. The van der Waals surface area contributed by atoms with Crippen LogP contribution in [0.25, 0.3) is 0 Å². The van der Waals surface area contributed by atoms with Gasteiger partial charge in [0, 0.05) is 30.8 Å². The third kappa shape index (κ3) is 2.66. The maximum atomic E-state index is 12.3. The van der Waals surface area contributed by atoms with Crippen LogP contribution in [0, 0.1) is 5.92 Å². The third-order valence-electron chi connectivity index (χ3n) is 4.02. The van der Waals surface area contributed by atoms with Crippen LogP contribution in [0.1, 0.15) is 6.42 Å². The number of aromatic nitrogens is 1. The molecule has 1 aromatic carbocycles. The SMILES string of the molecule is O=C(Nc1ccon1)C1CC(=O)N(c2ccc3c(c2)OCCO3)C1. The molecule has 1 fully saturated rings. The highest BCUT2D eigenvalue weighted by Gasteiger charge is 2.35. The van der Waals surface area contributed by atoms with Crippen LogP contribution in [0.2, 0.25) is 0 Å². The van der Waals surface area contributed by atoms with Crippen molar-refractivity contribution >= 4 is 23.3 Å². The summed E-state index contributed by atoms with van der Waals surface area (Å²) in [4.78, 5) is 26.1. The fraction of sp³-hybridized carbons (Fsp3) is 0.312. The van der Waals surface area contributed by atoms with Gasteiger partial charge in [0.25, 0.3) is 0 Å². The Morgan fingerprint density at radius 1 is 1.21 bits per heavy atom. The summed E-state index contributed by atoms with van der Waals surface area (Å²) >= 11 is 0. The standard InChI is InChI=1S/C16H15N3O5/c20-15-7-10(16(21)17-14-3-4-24-18-14)9-19(15)11-1-2-12-13(8-11)23-6-5-22-12/h1-4,8,10H,5-7,9H2,(H,17,18,21). The average molecular weight is 329 g/mol. The molecule has 4 rings (SSSR count). The number of carbonyl (C=O) groups excluding carboxylic acids is 2. The number of benzene rings is 1. The summed E-state index contributed by atoms with van der Waals surface area (Å²) in [7, 11) is 0. The summed E-state index contributed by atoms with van der Waals surface area (Å²) in [5.74, 6) is 0.816. The number of hydrogen-bond acceptors (Lipinski definition) is 6. The van der Waals surface area contributed by atoms with Crippen molar-refractivity contribution < 1.29 is 23.6 Å². The first-order valence-corrected chi connectivity index (χ1v) is 7.62. The fourth-order valence-corrected chi connectivity index (χ4v) is 2.84. The van der Waals surface area contributed by atoms with Crippen LogP contribution in [0.3, 0.4) is 0 Å². The number of nitrogens with one attached hydrogen (secondary N) is 1. The Morgan fingerprint density at radius 3 is 2.83 bits per heavy atom. The number of rotatable bonds is 3. The molecule has 1 aromatic heterocycles. The van der Waals surface area contributed by atoms with E-state index in [0.717, 1.165) is 0 Å². The lowest BCUT2D eigenvalue weighted by atomic mass is 10.1. The second-order valence-electron chi connectivity index (χ2n) is 5.61. The van der Waals surface area contributed by atoms with Crippen molar-refractivity contribution in [3.63, 3.8) is 0 Å². The highest BCUT2D eigenvalue weighted by Crippen LogP contribution is 2.36. The molecule has 2 aliphatic rings. The van der Waals surface area contributed by atoms with E-state index in [9.17, 15) is 9.59 Å². The molecule has 8 nitrogen and oxygen atoms in total. The average Bonchev–Trinajstić information content (AvgIpc) is 3.24. The van der Waals surface area contributed by atoms with Gasteiger partial charge in [-0.1, -0.05) is 5.16 Å². The van der Waals surface area contributed by atoms with Gasteiger partial charge < -0.3 is 24.2 Å². The number of amides is 2. The van der Waals surface area contributed by atoms with Crippen LogP contribution in [-0.4, -0.2) is 36.7 Å². The number of nitrogens with zero attached hydrogens (tertiary/aromatic N) is 2. The van der Waals surface area contributed by atoms with Gasteiger partial charge in [0.05, 0.1) is 5.92 Å². The van der Waals surface area contributed by atoms with E-state index in [-0.39, 0.29) is 18.2 Å². The van der Waals surface area contributed by atoms with Gasteiger partial charge in [-0.15, -0.1) is 0 Å². The van der Waals surface area contributed by atoms with E-state index in [1.54, 1.807) is 29.2 Å². The minimum atomic E-state index is -0.442.